The first kappa shape index (κ1) is 14.5. The Morgan fingerprint density at radius 1 is 1.41 bits per heavy atom. The Bertz CT molecular complexity index is 404. The number of nitrogens with two attached hydrogens (primary N) is 1. The van der Waals surface area contributed by atoms with Crippen molar-refractivity contribution >= 4 is 38.8 Å². The third-order valence-corrected chi connectivity index (χ3v) is 3.19. The van der Waals surface area contributed by atoms with Crippen molar-refractivity contribution < 1.29 is 0 Å². The van der Waals surface area contributed by atoms with Crippen molar-refractivity contribution in [2.75, 3.05) is 5.32 Å². The van der Waals surface area contributed by atoms with E-state index in [4.69, 9.17) is 18.0 Å². The second-order valence-corrected chi connectivity index (χ2v) is 6.08. The lowest BCUT2D eigenvalue weighted by molar-refractivity contribution is 0.540. The Hall–Kier alpha value is -0.610. The minimum absolute atomic E-state index is 0.407. The zero-order valence-corrected chi connectivity index (χ0v) is 12.9. The summed E-state index contributed by atoms with van der Waals surface area (Å²) in [5.41, 5.74) is 7.63. The van der Waals surface area contributed by atoms with Crippen molar-refractivity contribution in [3.63, 3.8) is 0 Å². The topological polar surface area (TPSA) is 38.0 Å². The van der Waals surface area contributed by atoms with Crippen molar-refractivity contribution in [3.05, 3.63) is 28.2 Å². The summed E-state index contributed by atoms with van der Waals surface area (Å²) >= 11 is 8.49. The molecule has 0 saturated heterocycles. The number of hydrogen-bond donors (Lipinski definition) is 2. The van der Waals surface area contributed by atoms with E-state index in [1.807, 2.05) is 18.2 Å². The van der Waals surface area contributed by atoms with Gasteiger partial charge in [0.2, 0.25) is 0 Å². The minimum Gasteiger partial charge on any atom is -0.389 e. The highest BCUT2D eigenvalue weighted by Crippen LogP contribution is 2.22. The molecule has 0 aliphatic heterocycles. The van der Waals surface area contributed by atoms with Crippen LogP contribution in [0.1, 0.15) is 32.8 Å². The van der Waals surface area contributed by atoms with Gasteiger partial charge in [0.05, 0.1) is 0 Å². The molecule has 1 rings (SSSR count). The molecule has 0 aliphatic carbocycles. The Morgan fingerprint density at radius 2 is 2.06 bits per heavy atom. The molecule has 4 heteroatoms. The second kappa shape index (κ2) is 6.36. The van der Waals surface area contributed by atoms with Crippen LogP contribution in [0.4, 0.5) is 5.69 Å². The first-order chi connectivity index (χ1) is 7.90. The number of halogens is 1. The van der Waals surface area contributed by atoms with E-state index in [0.717, 1.165) is 22.1 Å². The molecule has 0 spiro atoms. The molecule has 17 heavy (non-hydrogen) atoms. The standard InChI is InChI=1S/C13H19BrN2S/c1-8(2)6-9(3)16-12-5-4-10(14)7-11(12)13(15)17/h4-5,7-9,16H,6H2,1-3H3,(H2,15,17). The third kappa shape index (κ3) is 4.64. The monoisotopic (exact) mass is 314 g/mol. The molecule has 0 aliphatic rings. The molecule has 0 amide bonds. The Kier molecular flexibility index (Phi) is 5.40. The smallest absolute Gasteiger partial charge is 0.106 e. The SMILES string of the molecule is CC(C)CC(C)Nc1ccc(Br)cc1C(N)=S. The van der Waals surface area contributed by atoms with Crippen LogP contribution in [0.15, 0.2) is 22.7 Å². The maximum Gasteiger partial charge on any atom is 0.106 e. The molecular weight excluding hydrogens is 296 g/mol. The average molecular weight is 315 g/mol. The summed E-state index contributed by atoms with van der Waals surface area (Å²) in [5.74, 6) is 0.668. The van der Waals surface area contributed by atoms with Gasteiger partial charge in [-0.1, -0.05) is 42.0 Å². The molecule has 1 unspecified atom stereocenters. The van der Waals surface area contributed by atoms with Gasteiger partial charge in [-0.2, -0.15) is 0 Å². The van der Waals surface area contributed by atoms with E-state index < -0.39 is 0 Å². The van der Waals surface area contributed by atoms with Crippen LogP contribution >= 0.6 is 28.1 Å². The number of rotatable bonds is 5. The van der Waals surface area contributed by atoms with E-state index in [-0.39, 0.29) is 0 Å². The van der Waals surface area contributed by atoms with Crippen LogP contribution in [0.2, 0.25) is 0 Å². The van der Waals surface area contributed by atoms with Crippen molar-refractivity contribution in [1.29, 1.82) is 0 Å². The molecule has 3 N–H and O–H groups in total. The van der Waals surface area contributed by atoms with E-state index in [9.17, 15) is 0 Å². The number of anilines is 1. The molecule has 0 fully saturated rings. The van der Waals surface area contributed by atoms with E-state index in [1.165, 1.54) is 0 Å². The zero-order valence-electron chi connectivity index (χ0n) is 10.5. The number of nitrogens with one attached hydrogen (secondary N) is 1. The fourth-order valence-electron chi connectivity index (χ4n) is 1.88. The highest BCUT2D eigenvalue weighted by Gasteiger charge is 2.10. The molecule has 1 aromatic carbocycles. The molecule has 2 nitrogen and oxygen atoms in total. The van der Waals surface area contributed by atoms with Crippen molar-refractivity contribution in [2.45, 2.75) is 33.2 Å². The lowest BCUT2D eigenvalue weighted by Crippen LogP contribution is -2.20. The van der Waals surface area contributed by atoms with Gasteiger partial charge < -0.3 is 11.1 Å². The van der Waals surface area contributed by atoms with Gasteiger partial charge in [-0.3, -0.25) is 0 Å². The predicted molar refractivity (Wildman–Crippen MR) is 82.6 cm³/mol. The predicted octanol–water partition coefficient (Wildman–Crippen LogP) is 3.93. The zero-order chi connectivity index (χ0) is 13.0. The summed E-state index contributed by atoms with van der Waals surface area (Å²) < 4.78 is 0.988. The Labute approximate surface area is 117 Å². The van der Waals surface area contributed by atoms with Crippen molar-refractivity contribution in [1.82, 2.24) is 0 Å². The number of hydrogen-bond acceptors (Lipinski definition) is 2. The van der Waals surface area contributed by atoms with Gasteiger partial charge in [-0.25, -0.2) is 0 Å². The third-order valence-electron chi connectivity index (χ3n) is 2.47. The first-order valence-electron chi connectivity index (χ1n) is 5.76. The Balaban J connectivity index is 2.86. The summed E-state index contributed by atoms with van der Waals surface area (Å²) in [5, 5.41) is 3.46. The van der Waals surface area contributed by atoms with Crippen molar-refractivity contribution in [2.24, 2.45) is 11.7 Å². The van der Waals surface area contributed by atoms with E-state index in [1.54, 1.807) is 0 Å². The summed E-state index contributed by atoms with van der Waals surface area (Å²) in [6, 6.07) is 6.36. The van der Waals surface area contributed by atoms with Gasteiger partial charge in [0.25, 0.3) is 0 Å². The van der Waals surface area contributed by atoms with Gasteiger partial charge in [0.15, 0.2) is 0 Å². The fraction of sp³-hybridized carbons (Fsp3) is 0.462. The van der Waals surface area contributed by atoms with Crippen LogP contribution < -0.4 is 11.1 Å². The quantitative estimate of drug-likeness (QED) is 0.809. The molecular formula is C13H19BrN2S. The summed E-state index contributed by atoms with van der Waals surface area (Å²) in [4.78, 5) is 0.422. The van der Waals surface area contributed by atoms with E-state index >= 15 is 0 Å². The van der Waals surface area contributed by atoms with Gasteiger partial charge in [-0.05, 0) is 37.5 Å². The van der Waals surface area contributed by atoms with Crippen LogP contribution in [-0.4, -0.2) is 11.0 Å². The lowest BCUT2D eigenvalue weighted by atomic mass is 10.0. The Morgan fingerprint density at radius 3 is 2.59 bits per heavy atom. The van der Waals surface area contributed by atoms with E-state index in [2.05, 4.69) is 42.0 Å². The lowest BCUT2D eigenvalue weighted by Gasteiger charge is -2.19. The van der Waals surface area contributed by atoms with Gasteiger partial charge in [0, 0.05) is 21.8 Å². The minimum atomic E-state index is 0.407. The summed E-state index contributed by atoms with van der Waals surface area (Å²) in [6.07, 6.45) is 1.12. The molecule has 0 aromatic heterocycles. The maximum atomic E-state index is 5.73. The number of benzene rings is 1. The normalized spacial score (nSPS) is 12.5. The van der Waals surface area contributed by atoms with E-state index in [0.29, 0.717) is 16.9 Å². The van der Waals surface area contributed by atoms with Crippen molar-refractivity contribution in [3.8, 4) is 0 Å². The van der Waals surface area contributed by atoms with Crippen LogP contribution in [-0.2, 0) is 0 Å². The molecule has 94 valence electrons. The largest absolute Gasteiger partial charge is 0.389 e. The maximum absolute atomic E-state index is 5.73. The highest BCUT2D eigenvalue weighted by molar-refractivity contribution is 9.10. The molecule has 0 bridgehead atoms. The molecule has 0 saturated carbocycles. The first-order valence-corrected chi connectivity index (χ1v) is 6.96. The van der Waals surface area contributed by atoms with Crippen LogP contribution in [0.5, 0.6) is 0 Å². The van der Waals surface area contributed by atoms with Crippen LogP contribution in [0, 0.1) is 5.92 Å². The molecule has 1 atom stereocenters. The summed E-state index contributed by atoms with van der Waals surface area (Å²) in [7, 11) is 0. The number of thiocarbonyl (C=S) groups is 1. The highest BCUT2D eigenvalue weighted by atomic mass is 79.9. The molecule has 0 radical (unpaired) electrons. The molecule has 0 heterocycles. The summed E-state index contributed by atoms with van der Waals surface area (Å²) in [6.45, 7) is 6.61. The van der Waals surface area contributed by atoms with Gasteiger partial charge in [-0.15, -0.1) is 0 Å². The van der Waals surface area contributed by atoms with Gasteiger partial charge >= 0.3 is 0 Å². The molecule has 1 aromatic rings. The van der Waals surface area contributed by atoms with Gasteiger partial charge in [0.1, 0.15) is 4.99 Å². The second-order valence-electron chi connectivity index (χ2n) is 4.73. The van der Waals surface area contributed by atoms with Crippen LogP contribution in [0.3, 0.4) is 0 Å². The fourth-order valence-corrected chi connectivity index (χ4v) is 2.41. The average Bonchev–Trinajstić information content (AvgIpc) is 2.19. The van der Waals surface area contributed by atoms with Crippen LogP contribution in [0.25, 0.3) is 0 Å².